The van der Waals surface area contributed by atoms with E-state index in [9.17, 15) is 14.4 Å². The Morgan fingerprint density at radius 1 is 1.17 bits per heavy atom. The first kappa shape index (κ1) is 20.0. The number of methoxy groups -OCH3 is 1. The number of imide groups is 1. The third-order valence-electron chi connectivity index (χ3n) is 4.88. The molecule has 1 saturated heterocycles. The lowest BCUT2D eigenvalue weighted by atomic mass is 10.1. The average Bonchev–Trinajstić information content (AvgIpc) is 3.23. The van der Waals surface area contributed by atoms with Crippen molar-refractivity contribution >= 4 is 45.0 Å². The van der Waals surface area contributed by atoms with Crippen LogP contribution in [0.1, 0.15) is 5.56 Å². The van der Waals surface area contributed by atoms with Gasteiger partial charge in [0, 0.05) is 4.47 Å². The van der Waals surface area contributed by atoms with E-state index < -0.39 is 29.8 Å². The number of hydrogen-bond acceptors (Lipinski definition) is 7. The molecule has 1 fully saturated rings. The van der Waals surface area contributed by atoms with Crippen LogP contribution < -0.4 is 15.0 Å². The Balaban J connectivity index is 1.49. The maximum absolute atomic E-state index is 13.0. The number of anilines is 2. The molecule has 2 aliphatic rings. The van der Waals surface area contributed by atoms with Crippen molar-refractivity contribution in [3.63, 3.8) is 0 Å². The molecule has 0 aliphatic carbocycles. The molecule has 2 aliphatic heterocycles. The van der Waals surface area contributed by atoms with Gasteiger partial charge in [-0.25, -0.2) is 4.90 Å². The van der Waals surface area contributed by atoms with E-state index in [0.29, 0.717) is 17.1 Å². The quantitative estimate of drug-likeness (QED) is 0.675. The van der Waals surface area contributed by atoms with Crippen LogP contribution in [0.15, 0.2) is 57.3 Å². The number of hydrogen-bond donors (Lipinski definition) is 1. The predicted molar refractivity (Wildman–Crippen MR) is 112 cm³/mol. The molecule has 10 heteroatoms. The number of aryl methyl sites for hydroxylation is 1. The van der Waals surface area contributed by atoms with Gasteiger partial charge in [0.05, 0.1) is 18.5 Å². The summed E-state index contributed by atoms with van der Waals surface area (Å²) in [5, 5.41) is 11.8. The summed E-state index contributed by atoms with van der Waals surface area (Å²) in [6.07, 6.45) is 0. The largest absolute Gasteiger partial charge is 0.495 e. The van der Waals surface area contributed by atoms with E-state index in [2.05, 4.69) is 31.6 Å². The van der Waals surface area contributed by atoms with Gasteiger partial charge in [-0.3, -0.25) is 19.4 Å². The first-order valence-corrected chi connectivity index (χ1v) is 9.93. The maximum atomic E-state index is 13.0. The smallest absolute Gasteiger partial charge is 0.263 e. The number of nitrogens with zero attached hydrogens (tertiary/aromatic N) is 4. The number of carbonyl (C=O) groups excluding carboxylic acids is 3. The van der Waals surface area contributed by atoms with Gasteiger partial charge in [-0.1, -0.05) is 27.2 Å². The molecular weight excluding hydrogens is 454 g/mol. The van der Waals surface area contributed by atoms with Crippen LogP contribution in [0, 0.1) is 6.92 Å². The van der Waals surface area contributed by atoms with E-state index in [1.165, 1.54) is 12.1 Å². The molecule has 2 heterocycles. The molecule has 1 N–H and O–H groups in total. The number of nitrogens with one attached hydrogen (secondary N) is 1. The first-order valence-electron chi connectivity index (χ1n) is 9.14. The SMILES string of the molecule is COc1ccc(C)cc1NC(=O)CN1N=N[C@@H]2C(=O)N(c3ccc(Br)cc3)C(=O)[C@@H]21. The van der Waals surface area contributed by atoms with E-state index in [1.54, 1.807) is 36.4 Å². The summed E-state index contributed by atoms with van der Waals surface area (Å²) < 4.78 is 6.09. The van der Waals surface area contributed by atoms with Gasteiger partial charge in [0.1, 0.15) is 12.3 Å². The van der Waals surface area contributed by atoms with Crippen molar-refractivity contribution in [1.82, 2.24) is 5.01 Å². The van der Waals surface area contributed by atoms with Gasteiger partial charge in [-0.2, -0.15) is 5.11 Å². The van der Waals surface area contributed by atoms with Crippen LogP contribution >= 0.6 is 15.9 Å². The lowest BCUT2D eigenvalue weighted by molar-refractivity contribution is -0.123. The Kier molecular flexibility index (Phi) is 5.25. The minimum Gasteiger partial charge on any atom is -0.495 e. The number of carbonyl (C=O) groups is 3. The molecule has 154 valence electrons. The molecule has 0 spiro atoms. The van der Waals surface area contributed by atoms with Crippen molar-refractivity contribution in [2.75, 3.05) is 23.9 Å². The van der Waals surface area contributed by atoms with Crippen LogP contribution in [-0.4, -0.2) is 48.5 Å². The fourth-order valence-electron chi connectivity index (χ4n) is 3.45. The maximum Gasteiger partial charge on any atom is 0.263 e. The predicted octanol–water partition coefficient (Wildman–Crippen LogP) is 2.70. The van der Waals surface area contributed by atoms with E-state index in [0.717, 1.165) is 14.9 Å². The minimum absolute atomic E-state index is 0.227. The molecule has 2 aromatic rings. The van der Waals surface area contributed by atoms with E-state index in [-0.39, 0.29) is 6.54 Å². The van der Waals surface area contributed by atoms with Crippen molar-refractivity contribution in [3.8, 4) is 5.75 Å². The fourth-order valence-corrected chi connectivity index (χ4v) is 3.72. The van der Waals surface area contributed by atoms with Crippen molar-refractivity contribution in [2.24, 2.45) is 10.3 Å². The molecule has 2 atom stereocenters. The molecule has 0 aromatic heterocycles. The van der Waals surface area contributed by atoms with Crippen molar-refractivity contribution < 1.29 is 19.1 Å². The number of halogens is 1. The van der Waals surface area contributed by atoms with Gasteiger partial charge in [-0.15, -0.1) is 0 Å². The van der Waals surface area contributed by atoms with Gasteiger partial charge in [0.2, 0.25) is 5.91 Å². The molecule has 0 bridgehead atoms. The van der Waals surface area contributed by atoms with Crippen molar-refractivity contribution in [2.45, 2.75) is 19.0 Å². The molecule has 0 radical (unpaired) electrons. The van der Waals surface area contributed by atoms with Gasteiger partial charge in [0.15, 0.2) is 12.1 Å². The second-order valence-electron chi connectivity index (χ2n) is 6.93. The zero-order valence-electron chi connectivity index (χ0n) is 16.2. The highest BCUT2D eigenvalue weighted by Crippen LogP contribution is 2.32. The lowest BCUT2D eigenvalue weighted by Gasteiger charge is -2.20. The van der Waals surface area contributed by atoms with Crippen LogP contribution in [0.4, 0.5) is 11.4 Å². The molecule has 3 amide bonds. The highest BCUT2D eigenvalue weighted by atomic mass is 79.9. The molecule has 4 rings (SSSR count). The summed E-state index contributed by atoms with van der Waals surface area (Å²) in [5.74, 6) is -0.804. The van der Waals surface area contributed by atoms with Crippen LogP contribution in [0.5, 0.6) is 5.75 Å². The second kappa shape index (κ2) is 7.86. The summed E-state index contributed by atoms with van der Waals surface area (Å²) in [4.78, 5) is 39.4. The second-order valence-corrected chi connectivity index (χ2v) is 7.85. The molecule has 0 unspecified atom stereocenters. The molecule has 2 aromatic carbocycles. The summed E-state index contributed by atoms with van der Waals surface area (Å²) in [5.41, 5.74) is 1.92. The van der Waals surface area contributed by atoms with E-state index in [4.69, 9.17) is 4.74 Å². The summed E-state index contributed by atoms with van der Waals surface area (Å²) in [7, 11) is 1.51. The van der Waals surface area contributed by atoms with Gasteiger partial charge in [-0.05, 0) is 48.9 Å². The summed E-state index contributed by atoms with van der Waals surface area (Å²) in [6.45, 7) is 1.67. The van der Waals surface area contributed by atoms with Gasteiger partial charge >= 0.3 is 0 Å². The topological polar surface area (TPSA) is 104 Å². The Bertz CT molecular complexity index is 1060. The lowest BCUT2D eigenvalue weighted by Crippen LogP contribution is -2.43. The third-order valence-corrected chi connectivity index (χ3v) is 5.41. The van der Waals surface area contributed by atoms with Crippen molar-refractivity contribution in [1.29, 1.82) is 0 Å². The Hall–Kier alpha value is -3.27. The Labute approximate surface area is 180 Å². The minimum atomic E-state index is -0.956. The normalized spacial score (nSPS) is 20.0. The number of benzene rings is 2. The zero-order chi connectivity index (χ0) is 21.4. The van der Waals surface area contributed by atoms with Crippen LogP contribution in [-0.2, 0) is 14.4 Å². The Morgan fingerprint density at radius 2 is 1.90 bits per heavy atom. The van der Waals surface area contributed by atoms with Crippen molar-refractivity contribution in [3.05, 3.63) is 52.5 Å². The summed E-state index contributed by atoms with van der Waals surface area (Å²) >= 11 is 3.33. The molecule has 0 saturated carbocycles. The van der Waals surface area contributed by atoms with Gasteiger partial charge < -0.3 is 10.1 Å². The number of amides is 3. The average molecular weight is 472 g/mol. The highest BCUT2D eigenvalue weighted by Gasteiger charge is 2.55. The first-order chi connectivity index (χ1) is 14.4. The fraction of sp³-hybridized carbons (Fsp3) is 0.250. The highest BCUT2D eigenvalue weighted by molar-refractivity contribution is 9.10. The monoisotopic (exact) mass is 471 g/mol. The van der Waals surface area contributed by atoms with Gasteiger partial charge in [0.25, 0.3) is 11.8 Å². The van der Waals surface area contributed by atoms with Crippen LogP contribution in [0.25, 0.3) is 0 Å². The number of fused-ring (bicyclic) bond motifs is 1. The number of ether oxygens (including phenoxy) is 1. The van der Waals surface area contributed by atoms with Crippen LogP contribution in [0.3, 0.4) is 0 Å². The summed E-state index contributed by atoms with van der Waals surface area (Å²) in [6, 6.07) is 10.3. The number of rotatable bonds is 5. The standard InChI is InChI=1S/C20H18BrN5O4/c1-11-3-8-15(30-2)14(9-11)22-16(27)10-25-18-17(23-24-25)19(28)26(20(18)29)13-6-4-12(21)5-7-13/h3-9,17-18H,10H2,1-2H3,(H,22,27)/t17-,18+/m0/s1. The van der Waals surface area contributed by atoms with E-state index >= 15 is 0 Å². The zero-order valence-corrected chi connectivity index (χ0v) is 17.8. The Morgan fingerprint density at radius 3 is 2.60 bits per heavy atom. The third kappa shape index (κ3) is 3.54. The van der Waals surface area contributed by atoms with E-state index in [1.807, 2.05) is 13.0 Å². The molecular formula is C20H18BrN5O4. The molecule has 30 heavy (non-hydrogen) atoms. The van der Waals surface area contributed by atoms with Crippen LogP contribution in [0.2, 0.25) is 0 Å². The molecule has 9 nitrogen and oxygen atoms in total.